The van der Waals surface area contributed by atoms with Crippen LogP contribution < -0.4 is 10.2 Å². The summed E-state index contributed by atoms with van der Waals surface area (Å²) in [5.41, 5.74) is 6.12. The fraction of sp³-hybridized carbons (Fsp3) is 0.529. The molecule has 0 spiro atoms. The molecule has 1 radical (unpaired) electrons. The third kappa shape index (κ3) is 14.2. The largest absolute Gasteiger partial charge is 2.00 e. The Labute approximate surface area is 267 Å². The van der Waals surface area contributed by atoms with Crippen molar-refractivity contribution in [1.29, 1.82) is 0 Å². The molecule has 2 aromatic rings. The molecule has 8 nitrogen and oxygen atoms in total. The molecule has 9 heteroatoms. The Hall–Kier alpha value is -3.17. The molecule has 0 saturated heterocycles. The van der Waals surface area contributed by atoms with Gasteiger partial charge >= 0.3 is 16.8 Å². The van der Waals surface area contributed by atoms with Gasteiger partial charge in [0, 0.05) is 35.5 Å². The average molecular weight is 640 g/mol. The number of benzene rings is 2. The van der Waals surface area contributed by atoms with Crippen molar-refractivity contribution in [3.8, 4) is 11.5 Å². The van der Waals surface area contributed by atoms with E-state index in [4.69, 9.17) is 29.8 Å². The standard InChI is InChI=1S/C30H42N2O2.2C2H4O2.Co/c1-7-21-13-23(19(3)4)15-25(29(21)33)17-31-27-9-11-28(12-10-27)32-18-26-16-24(20(5)6)14-22(8-2)30(26)34;2*1-2(3)4;/h13-20,27-28,33-34H,7-12H2,1-6H3;2*1H3,(H,3,4);/q;;;+2/p-2. The quantitative estimate of drug-likeness (QED) is 0.396. The van der Waals surface area contributed by atoms with E-state index in [2.05, 4.69) is 65.8 Å². The number of aromatic hydroxyl groups is 2. The van der Waals surface area contributed by atoms with Gasteiger partial charge in [0.1, 0.15) is 11.5 Å². The number of hydrogen-bond acceptors (Lipinski definition) is 8. The Morgan fingerprint density at radius 1 is 0.744 bits per heavy atom. The predicted octanol–water partition coefficient (Wildman–Crippen LogP) is 4.83. The van der Waals surface area contributed by atoms with Crippen molar-refractivity contribution in [1.82, 2.24) is 0 Å². The van der Waals surface area contributed by atoms with E-state index in [-0.39, 0.29) is 28.9 Å². The van der Waals surface area contributed by atoms with Gasteiger partial charge in [0.15, 0.2) is 0 Å². The SMILES string of the molecule is CC(=O)[O-].CC(=O)[O-].CCc1cc(C(C)C)cc(C=NC2CCC(N=Cc3cc(C(C)C)cc(CC)c3O)CC2)c1O.[Co+2]. The van der Waals surface area contributed by atoms with Crippen molar-refractivity contribution in [3.05, 3.63) is 57.6 Å². The summed E-state index contributed by atoms with van der Waals surface area (Å²) in [4.78, 5) is 27.4. The zero-order chi connectivity index (χ0) is 32.0. The van der Waals surface area contributed by atoms with Crippen LogP contribution in [0.15, 0.2) is 34.3 Å². The summed E-state index contributed by atoms with van der Waals surface area (Å²) in [6.07, 6.45) is 9.32. The minimum absolute atomic E-state index is 0. The Balaban J connectivity index is 0.00000174. The van der Waals surface area contributed by atoms with Crippen molar-refractivity contribution in [2.24, 2.45) is 9.98 Å². The molecule has 0 heterocycles. The monoisotopic (exact) mass is 639 g/mol. The Morgan fingerprint density at radius 2 is 1.02 bits per heavy atom. The zero-order valence-corrected chi connectivity index (χ0v) is 27.8. The molecule has 0 bridgehead atoms. The van der Waals surface area contributed by atoms with Gasteiger partial charge in [0.2, 0.25) is 0 Å². The molecule has 0 unspecified atom stereocenters. The van der Waals surface area contributed by atoms with Crippen molar-refractivity contribution < 1.29 is 46.8 Å². The number of phenolic OH excluding ortho intramolecular Hbond substituents is 2. The fourth-order valence-electron chi connectivity index (χ4n) is 4.62. The maximum atomic E-state index is 10.6. The number of phenols is 2. The van der Waals surface area contributed by atoms with E-state index in [1.165, 1.54) is 11.1 Å². The fourth-order valence-corrected chi connectivity index (χ4v) is 4.62. The second-order valence-electron chi connectivity index (χ2n) is 11.3. The van der Waals surface area contributed by atoms with Crippen LogP contribution in [0.5, 0.6) is 11.5 Å². The van der Waals surface area contributed by atoms with Crippen LogP contribution in [0.1, 0.15) is 126 Å². The van der Waals surface area contributed by atoms with Gasteiger partial charge < -0.3 is 30.0 Å². The molecule has 43 heavy (non-hydrogen) atoms. The number of hydrogen-bond donors (Lipinski definition) is 2. The maximum Gasteiger partial charge on any atom is 2.00 e. The van der Waals surface area contributed by atoms with Gasteiger partial charge in [0.25, 0.3) is 0 Å². The molecule has 1 aliphatic rings. The number of aliphatic carboxylic acids is 2. The van der Waals surface area contributed by atoms with E-state index in [1.807, 2.05) is 12.4 Å². The van der Waals surface area contributed by atoms with E-state index in [1.54, 1.807) is 0 Å². The second-order valence-corrected chi connectivity index (χ2v) is 11.3. The molecule has 1 saturated carbocycles. The van der Waals surface area contributed by atoms with E-state index >= 15 is 0 Å². The molecule has 2 N–H and O–H groups in total. The average Bonchev–Trinajstić information content (AvgIpc) is 2.91. The molecular weight excluding hydrogens is 591 g/mol. The minimum Gasteiger partial charge on any atom is -0.550 e. The first-order valence-electron chi connectivity index (χ1n) is 14.8. The summed E-state index contributed by atoms with van der Waals surface area (Å²) in [7, 11) is 0. The minimum atomic E-state index is -1.08. The van der Waals surface area contributed by atoms with Crippen molar-refractivity contribution in [3.63, 3.8) is 0 Å². The molecule has 239 valence electrons. The molecule has 0 amide bonds. The first kappa shape index (κ1) is 39.8. The third-order valence-corrected chi connectivity index (χ3v) is 7.09. The van der Waals surface area contributed by atoms with E-state index in [0.29, 0.717) is 23.3 Å². The smallest absolute Gasteiger partial charge is 0.550 e. The summed E-state index contributed by atoms with van der Waals surface area (Å²) in [5, 5.41) is 39.0. The molecular formula is C34H48CoN2O6. The van der Waals surface area contributed by atoms with Crippen molar-refractivity contribution in [2.75, 3.05) is 0 Å². The normalized spacial score (nSPS) is 16.3. The number of carbonyl (C=O) groups is 2. The first-order valence-corrected chi connectivity index (χ1v) is 14.8. The second kappa shape index (κ2) is 19.9. The topological polar surface area (TPSA) is 145 Å². The van der Waals surface area contributed by atoms with E-state index in [0.717, 1.165) is 74.6 Å². The summed E-state index contributed by atoms with van der Waals surface area (Å²) in [5.74, 6) is -0.603. The van der Waals surface area contributed by atoms with E-state index in [9.17, 15) is 10.2 Å². The molecule has 3 rings (SSSR count). The van der Waals surface area contributed by atoms with Crippen LogP contribution in [-0.4, -0.2) is 46.7 Å². The number of carboxylic acids is 2. The van der Waals surface area contributed by atoms with Gasteiger partial charge in [-0.25, -0.2) is 0 Å². The number of nitrogens with zero attached hydrogens (tertiary/aromatic N) is 2. The number of carbonyl (C=O) groups excluding carboxylic acids is 2. The van der Waals surface area contributed by atoms with Crippen LogP contribution in [0.4, 0.5) is 0 Å². The number of carboxylic acid groups (broad SMARTS) is 2. The van der Waals surface area contributed by atoms with Crippen LogP contribution in [0, 0.1) is 0 Å². The van der Waals surface area contributed by atoms with Gasteiger partial charge in [-0.3, -0.25) is 9.98 Å². The molecule has 0 atom stereocenters. The van der Waals surface area contributed by atoms with E-state index < -0.39 is 11.9 Å². The Bertz CT molecular complexity index is 1130. The maximum absolute atomic E-state index is 10.6. The van der Waals surface area contributed by atoms with Gasteiger partial charge in [-0.2, -0.15) is 0 Å². The molecule has 0 aliphatic heterocycles. The molecule has 2 aromatic carbocycles. The summed E-state index contributed by atoms with van der Waals surface area (Å²) in [6.45, 7) is 14.8. The predicted molar refractivity (Wildman–Crippen MR) is 166 cm³/mol. The number of aliphatic imine (C=N–C) groups is 2. The Morgan fingerprint density at radius 3 is 1.26 bits per heavy atom. The van der Waals surface area contributed by atoms with Gasteiger partial charge in [0.05, 0.1) is 12.1 Å². The van der Waals surface area contributed by atoms with Crippen LogP contribution in [0.25, 0.3) is 0 Å². The van der Waals surface area contributed by atoms with Gasteiger partial charge in [-0.05, 0) is 98.6 Å². The van der Waals surface area contributed by atoms with Crippen LogP contribution in [0.3, 0.4) is 0 Å². The zero-order valence-electron chi connectivity index (χ0n) is 26.8. The number of rotatable bonds is 8. The van der Waals surface area contributed by atoms with Crippen molar-refractivity contribution >= 4 is 24.4 Å². The summed E-state index contributed by atoms with van der Waals surface area (Å²) < 4.78 is 0. The van der Waals surface area contributed by atoms with Crippen molar-refractivity contribution in [2.45, 2.75) is 118 Å². The van der Waals surface area contributed by atoms with Crippen LogP contribution in [0.2, 0.25) is 0 Å². The number of aryl methyl sites for hydroxylation is 2. The Kier molecular flexibility index (Phi) is 18.4. The third-order valence-electron chi connectivity index (χ3n) is 7.09. The summed E-state index contributed by atoms with van der Waals surface area (Å²) >= 11 is 0. The molecule has 0 aromatic heterocycles. The van der Waals surface area contributed by atoms with Crippen LogP contribution >= 0.6 is 0 Å². The molecule has 1 fully saturated rings. The first-order chi connectivity index (χ1) is 19.7. The van der Waals surface area contributed by atoms with Gasteiger partial charge in [-0.1, -0.05) is 53.7 Å². The summed E-state index contributed by atoms with van der Waals surface area (Å²) in [6, 6.07) is 8.89. The van der Waals surface area contributed by atoms with Crippen LogP contribution in [-0.2, 0) is 39.2 Å². The van der Waals surface area contributed by atoms with Gasteiger partial charge in [-0.15, -0.1) is 0 Å². The molecule has 1 aliphatic carbocycles.